The fourth-order valence-electron chi connectivity index (χ4n) is 3.40. The highest BCUT2D eigenvalue weighted by molar-refractivity contribution is 8.13. The van der Waals surface area contributed by atoms with E-state index >= 15 is 0 Å². The number of rotatable bonds is 1. The first-order valence-corrected chi connectivity index (χ1v) is 9.54. The summed E-state index contributed by atoms with van der Waals surface area (Å²) in [5.74, 6) is 0. The van der Waals surface area contributed by atoms with Crippen molar-refractivity contribution >= 4 is 33.4 Å². The van der Waals surface area contributed by atoms with E-state index in [-0.39, 0.29) is 5.66 Å². The maximum Gasteiger partial charge on any atom is 0.206 e. The fourth-order valence-corrected chi connectivity index (χ4v) is 5.15. The molecule has 2 aliphatic carbocycles. The van der Waals surface area contributed by atoms with E-state index < -0.39 is 0 Å². The van der Waals surface area contributed by atoms with Crippen LogP contribution in [0.5, 0.6) is 0 Å². The van der Waals surface area contributed by atoms with Gasteiger partial charge in [-0.25, -0.2) is 15.0 Å². The lowest BCUT2D eigenvalue weighted by Crippen LogP contribution is -2.46. The summed E-state index contributed by atoms with van der Waals surface area (Å²) in [4.78, 5) is 11.3. The number of hydrazine groups is 1. The van der Waals surface area contributed by atoms with Gasteiger partial charge < -0.3 is 0 Å². The van der Waals surface area contributed by atoms with Crippen LogP contribution in [0.1, 0.15) is 49.1 Å². The molecule has 0 saturated heterocycles. The van der Waals surface area contributed by atoms with Crippen LogP contribution in [0.2, 0.25) is 0 Å². The maximum absolute atomic E-state index is 4.96. The molecule has 0 bridgehead atoms. The molecule has 0 radical (unpaired) electrons. The summed E-state index contributed by atoms with van der Waals surface area (Å²) in [5.41, 5.74) is 4.94. The molecule has 2 heterocycles. The second kappa shape index (κ2) is 5.00. The zero-order valence-corrected chi connectivity index (χ0v) is 13.4. The quantitative estimate of drug-likeness (QED) is 0.864. The first-order valence-electron chi connectivity index (χ1n) is 7.50. The molecule has 0 unspecified atom stereocenters. The highest BCUT2D eigenvalue weighted by Crippen LogP contribution is 2.39. The molecule has 1 aromatic heterocycles. The molecule has 20 heavy (non-hydrogen) atoms. The molecule has 4 nitrogen and oxygen atoms in total. The van der Waals surface area contributed by atoms with Gasteiger partial charge in [0.05, 0.1) is 5.69 Å². The molecular formula is C14H20N4S2. The van der Waals surface area contributed by atoms with Crippen molar-refractivity contribution in [2.75, 3.05) is 11.3 Å². The lowest BCUT2D eigenvalue weighted by molar-refractivity contribution is 0.380. The van der Waals surface area contributed by atoms with Crippen molar-refractivity contribution in [2.45, 2.75) is 57.0 Å². The van der Waals surface area contributed by atoms with Crippen molar-refractivity contribution in [2.24, 2.45) is 4.99 Å². The number of thioether (sulfide) groups is 1. The predicted molar refractivity (Wildman–Crippen MR) is 86.5 cm³/mol. The molecule has 0 atom stereocenters. The molecule has 0 amide bonds. The summed E-state index contributed by atoms with van der Waals surface area (Å²) in [7, 11) is 0. The number of aryl methyl sites for hydroxylation is 2. The number of nitrogens with zero attached hydrogens (tertiary/aromatic N) is 3. The van der Waals surface area contributed by atoms with Crippen molar-refractivity contribution in [3.05, 3.63) is 10.6 Å². The summed E-state index contributed by atoms with van der Waals surface area (Å²) >= 11 is 3.57. The summed E-state index contributed by atoms with van der Waals surface area (Å²) in [5, 5.41) is 4.32. The van der Waals surface area contributed by atoms with Crippen molar-refractivity contribution in [3.63, 3.8) is 0 Å². The Morgan fingerprint density at radius 2 is 2.00 bits per heavy atom. The maximum atomic E-state index is 4.96. The van der Waals surface area contributed by atoms with Gasteiger partial charge in [0.1, 0.15) is 5.66 Å². The number of thiazole rings is 1. The average molecular weight is 308 g/mol. The second-order valence-electron chi connectivity index (χ2n) is 5.86. The Labute approximate surface area is 128 Å². The molecule has 108 valence electrons. The van der Waals surface area contributed by atoms with Gasteiger partial charge in [0.2, 0.25) is 5.13 Å². The van der Waals surface area contributed by atoms with Crippen LogP contribution in [0.4, 0.5) is 5.13 Å². The average Bonchev–Trinajstić information content (AvgIpc) is 3.17. The number of nitrogens with one attached hydrogen (secondary N) is 1. The minimum Gasteiger partial charge on any atom is -0.237 e. The normalized spacial score (nSPS) is 24.2. The molecule has 3 aliphatic rings. The van der Waals surface area contributed by atoms with Gasteiger partial charge in [-0.05, 0) is 57.6 Å². The van der Waals surface area contributed by atoms with E-state index in [2.05, 4.69) is 16.7 Å². The monoisotopic (exact) mass is 308 g/mol. The van der Waals surface area contributed by atoms with Crippen LogP contribution in [0.15, 0.2) is 4.99 Å². The minimum absolute atomic E-state index is 0.0372. The van der Waals surface area contributed by atoms with Gasteiger partial charge in [-0.1, -0.05) is 23.1 Å². The molecule has 1 spiro atoms. The zero-order valence-electron chi connectivity index (χ0n) is 11.8. The molecule has 4 rings (SSSR count). The van der Waals surface area contributed by atoms with Crippen molar-refractivity contribution in [1.82, 2.24) is 10.4 Å². The topological polar surface area (TPSA) is 40.5 Å². The number of hydrogen-bond donors (Lipinski definition) is 1. The minimum atomic E-state index is -0.0372. The van der Waals surface area contributed by atoms with Crippen molar-refractivity contribution in [3.8, 4) is 0 Å². The third-order valence-corrected chi connectivity index (χ3v) is 6.24. The largest absolute Gasteiger partial charge is 0.237 e. The smallest absolute Gasteiger partial charge is 0.206 e. The Kier molecular flexibility index (Phi) is 3.27. The van der Waals surface area contributed by atoms with Crippen LogP contribution in [0.3, 0.4) is 0 Å². The molecule has 1 saturated carbocycles. The van der Waals surface area contributed by atoms with Crippen LogP contribution in [-0.2, 0) is 12.8 Å². The SMILES string of the molecule is CSC1=NC2(CCCC2)NN1c1nc2c(s1)CCCC2. The number of anilines is 1. The molecular weight excluding hydrogens is 288 g/mol. The van der Waals surface area contributed by atoms with Crippen LogP contribution in [0, 0.1) is 0 Å². The Morgan fingerprint density at radius 3 is 2.75 bits per heavy atom. The second-order valence-corrected chi connectivity index (χ2v) is 7.69. The molecule has 1 fully saturated rings. The van der Waals surface area contributed by atoms with Gasteiger partial charge in [0.25, 0.3) is 0 Å². The van der Waals surface area contributed by atoms with Gasteiger partial charge in [-0.3, -0.25) is 0 Å². The van der Waals surface area contributed by atoms with E-state index in [1.165, 1.54) is 42.7 Å². The van der Waals surface area contributed by atoms with Gasteiger partial charge in [-0.15, -0.1) is 0 Å². The molecule has 6 heteroatoms. The van der Waals surface area contributed by atoms with Crippen LogP contribution in [0.25, 0.3) is 0 Å². The molecule has 0 aromatic carbocycles. The Morgan fingerprint density at radius 1 is 1.20 bits per heavy atom. The highest BCUT2D eigenvalue weighted by Gasteiger charge is 2.42. The predicted octanol–water partition coefficient (Wildman–Crippen LogP) is 3.34. The lowest BCUT2D eigenvalue weighted by Gasteiger charge is -2.23. The van der Waals surface area contributed by atoms with Crippen molar-refractivity contribution in [1.29, 1.82) is 0 Å². The Hall–Kier alpha value is -0.590. The summed E-state index contributed by atoms with van der Waals surface area (Å²) in [6.45, 7) is 0. The van der Waals surface area contributed by atoms with E-state index in [9.17, 15) is 0 Å². The lowest BCUT2D eigenvalue weighted by atomic mass is 10.0. The molecule has 1 aromatic rings. The van der Waals surface area contributed by atoms with Crippen molar-refractivity contribution < 1.29 is 0 Å². The van der Waals surface area contributed by atoms with Gasteiger partial charge in [0.15, 0.2) is 5.17 Å². The standard InChI is InChI=1S/C14H20N4S2/c1-19-13-16-14(8-4-5-9-14)17-18(13)12-15-10-6-2-3-7-11(10)20-12/h17H,2-9H2,1H3. The van der Waals surface area contributed by atoms with Gasteiger partial charge >= 0.3 is 0 Å². The summed E-state index contributed by atoms with van der Waals surface area (Å²) < 4.78 is 0. The van der Waals surface area contributed by atoms with E-state index in [4.69, 9.17) is 9.98 Å². The number of hydrogen-bond acceptors (Lipinski definition) is 6. The van der Waals surface area contributed by atoms with E-state index in [1.54, 1.807) is 11.8 Å². The molecule has 1 N–H and O–H groups in total. The first kappa shape index (κ1) is 13.1. The fraction of sp³-hybridized carbons (Fsp3) is 0.714. The number of aromatic nitrogens is 1. The van der Waals surface area contributed by atoms with Gasteiger partial charge in [0, 0.05) is 4.88 Å². The number of amidine groups is 1. The third kappa shape index (κ3) is 2.09. The zero-order chi connectivity index (χ0) is 13.6. The van der Waals surface area contributed by atoms with E-state index in [1.807, 2.05) is 11.3 Å². The first-order chi connectivity index (χ1) is 9.80. The third-order valence-electron chi connectivity index (χ3n) is 4.46. The Bertz CT molecular complexity index is 522. The van der Waals surface area contributed by atoms with Crippen LogP contribution < -0.4 is 10.4 Å². The van der Waals surface area contributed by atoms with E-state index in [0.717, 1.165) is 29.6 Å². The molecule has 1 aliphatic heterocycles. The van der Waals surface area contributed by atoms with Crippen LogP contribution >= 0.6 is 23.1 Å². The van der Waals surface area contributed by atoms with E-state index in [0.29, 0.717) is 0 Å². The highest BCUT2D eigenvalue weighted by atomic mass is 32.2. The Balaban J connectivity index is 1.65. The number of aliphatic imine (C=N–C) groups is 1. The van der Waals surface area contributed by atoms with Gasteiger partial charge in [-0.2, -0.15) is 5.43 Å². The van der Waals surface area contributed by atoms with Crippen LogP contribution in [-0.4, -0.2) is 22.1 Å². The number of fused-ring (bicyclic) bond motifs is 1. The summed E-state index contributed by atoms with van der Waals surface area (Å²) in [6.07, 6.45) is 11.9. The summed E-state index contributed by atoms with van der Waals surface area (Å²) in [6, 6.07) is 0.